The van der Waals surface area contributed by atoms with E-state index in [2.05, 4.69) is 15.5 Å². The number of carboxylic acids is 1. The molecule has 0 aromatic heterocycles. The Bertz CT molecular complexity index is 690. The van der Waals surface area contributed by atoms with Crippen molar-refractivity contribution in [3.63, 3.8) is 0 Å². The summed E-state index contributed by atoms with van der Waals surface area (Å²) in [4.78, 5) is 24.3. The lowest BCUT2D eigenvalue weighted by atomic mass is 10.2. The number of nitrogens with one attached hydrogen (secondary N) is 1. The van der Waals surface area contributed by atoms with Crippen molar-refractivity contribution in [1.29, 1.82) is 0 Å². The molecule has 1 unspecified atom stereocenters. The molecule has 1 aromatic rings. The molecular weight excluding hydrogens is 344 g/mol. The lowest BCUT2D eigenvalue weighted by Crippen LogP contribution is -2.26. The highest BCUT2D eigenvalue weighted by Gasteiger charge is 2.32. The van der Waals surface area contributed by atoms with Crippen molar-refractivity contribution < 1.29 is 19.4 Å². The first-order valence-electron chi connectivity index (χ1n) is 7.62. The molecule has 9 heteroatoms. The van der Waals surface area contributed by atoms with Crippen LogP contribution in [0.1, 0.15) is 12.0 Å². The third kappa shape index (κ3) is 6.55. The number of carbonyl (C=O) groups excluding carboxylic acids is 1. The van der Waals surface area contributed by atoms with E-state index in [0.717, 1.165) is 29.6 Å². The molecular formula is C16H20N4O4S. The molecule has 1 saturated heterocycles. The summed E-state index contributed by atoms with van der Waals surface area (Å²) >= 11 is 1.06. The van der Waals surface area contributed by atoms with Gasteiger partial charge in [-0.15, -0.1) is 5.10 Å². The number of thioether (sulfide) groups is 1. The maximum atomic E-state index is 11.6. The molecule has 1 atom stereocenters. The van der Waals surface area contributed by atoms with Gasteiger partial charge in [-0.2, -0.15) is 5.10 Å². The van der Waals surface area contributed by atoms with E-state index in [1.165, 1.54) is 0 Å². The van der Waals surface area contributed by atoms with Crippen LogP contribution in [0.3, 0.4) is 0 Å². The second-order valence-electron chi connectivity index (χ2n) is 5.57. The van der Waals surface area contributed by atoms with Gasteiger partial charge in [0.15, 0.2) is 5.17 Å². The first-order chi connectivity index (χ1) is 11.9. The lowest BCUT2D eigenvalue weighted by molar-refractivity contribution is -0.138. The molecule has 0 spiro atoms. The molecule has 25 heavy (non-hydrogen) atoms. The quantitative estimate of drug-likeness (QED) is 0.527. The minimum atomic E-state index is -1.02. The summed E-state index contributed by atoms with van der Waals surface area (Å²) in [6.07, 6.45) is 1.30. The van der Waals surface area contributed by atoms with E-state index >= 15 is 0 Å². The number of ether oxygens (including phenoxy) is 1. The molecule has 134 valence electrons. The van der Waals surface area contributed by atoms with E-state index in [4.69, 9.17) is 9.84 Å². The van der Waals surface area contributed by atoms with Gasteiger partial charge in [0.2, 0.25) is 5.91 Å². The normalized spacial score (nSPS) is 18.9. The Balaban J connectivity index is 1.91. The molecule has 0 aliphatic carbocycles. The van der Waals surface area contributed by atoms with Gasteiger partial charge in [0, 0.05) is 6.54 Å². The van der Waals surface area contributed by atoms with Crippen molar-refractivity contribution >= 4 is 35.0 Å². The third-order valence-electron chi connectivity index (χ3n) is 3.16. The standard InChI is InChI=1S/C16H20N4O4S/c1-20(2)6-7-24-12-5-3-4-11(8-12)10-17-19-16-18-15(23)13(25-16)9-14(21)22/h3-5,8,10,13H,6-7,9H2,1-2H3,(H,21,22)(H,18,19,23). The second-order valence-corrected chi connectivity index (χ2v) is 6.76. The molecule has 1 heterocycles. The van der Waals surface area contributed by atoms with Crippen LogP contribution in [-0.2, 0) is 9.59 Å². The van der Waals surface area contributed by atoms with Gasteiger partial charge >= 0.3 is 5.97 Å². The molecule has 1 aliphatic heterocycles. The fourth-order valence-electron chi connectivity index (χ4n) is 1.92. The van der Waals surface area contributed by atoms with Crippen molar-refractivity contribution in [2.75, 3.05) is 27.2 Å². The highest BCUT2D eigenvalue weighted by Crippen LogP contribution is 2.22. The fraction of sp³-hybridized carbons (Fsp3) is 0.375. The van der Waals surface area contributed by atoms with Crippen LogP contribution in [0.5, 0.6) is 5.75 Å². The van der Waals surface area contributed by atoms with Gasteiger partial charge < -0.3 is 20.1 Å². The van der Waals surface area contributed by atoms with Gasteiger partial charge in [0.1, 0.15) is 17.6 Å². The van der Waals surface area contributed by atoms with Crippen molar-refractivity contribution in [3.05, 3.63) is 29.8 Å². The van der Waals surface area contributed by atoms with E-state index in [0.29, 0.717) is 11.8 Å². The Morgan fingerprint density at radius 3 is 3.00 bits per heavy atom. The summed E-state index contributed by atoms with van der Waals surface area (Å²) < 4.78 is 5.65. The molecule has 2 N–H and O–H groups in total. The Morgan fingerprint density at radius 2 is 2.28 bits per heavy atom. The summed E-state index contributed by atoms with van der Waals surface area (Å²) in [6, 6.07) is 7.42. The van der Waals surface area contributed by atoms with Gasteiger partial charge in [0.05, 0.1) is 12.6 Å². The number of nitrogens with zero attached hydrogens (tertiary/aromatic N) is 3. The maximum absolute atomic E-state index is 11.6. The SMILES string of the molecule is CN(C)CCOc1cccc(C=NN=C2NC(=O)C(CC(=O)O)S2)c1. The van der Waals surface area contributed by atoms with Crippen molar-refractivity contribution in [2.24, 2.45) is 10.2 Å². The fourth-order valence-corrected chi connectivity index (χ4v) is 2.84. The lowest BCUT2D eigenvalue weighted by Gasteiger charge is -2.11. The molecule has 1 aliphatic rings. The summed E-state index contributed by atoms with van der Waals surface area (Å²) in [5, 5.41) is 18.7. The molecule has 1 amide bonds. The molecule has 1 aromatic carbocycles. The predicted octanol–water partition coefficient (Wildman–Crippen LogP) is 1.02. The monoisotopic (exact) mass is 364 g/mol. The number of rotatable bonds is 8. The predicted molar refractivity (Wildman–Crippen MR) is 97.3 cm³/mol. The molecule has 0 saturated carbocycles. The summed E-state index contributed by atoms with van der Waals surface area (Å²) in [7, 11) is 3.96. The highest BCUT2D eigenvalue weighted by molar-refractivity contribution is 8.15. The second kappa shape index (κ2) is 9.19. The Hall–Kier alpha value is -2.39. The van der Waals surface area contributed by atoms with E-state index in [1.807, 2.05) is 43.3 Å². The Morgan fingerprint density at radius 1 is 1.48 bits per heavy atom. The van der Waals surface area contributed by atoms with Crippen molar-refractivity contribution in [2.45, 2.75) is 11.7 Å². The van der Waals surface area contributed by atoms with Gasteiger partial charge in [0.25, 0.3) is 0 Å². The van der Waals surface area contributed by atoms with Crippen LogP contribution in [0.15, 0.2) is 34.5 Å². The van der Waals surface area contributed by atoms with Crippen LogP contribution in [-0.4, -0.2) is 65.8 Å². The Labute approximate surface area is 149 Å². The molecule has 8 nitrogen and oxygen atoms in total. The van der Waals surface area contributed by atoms with Crippen LogP contribution >= 0.6 is 11.8 Å². The minimum absolute atomic E-state index is 0.244. The number of amides is 1. The number of likely N-dealkylation sites (N-methyl/N-ethyl adjacent to an activating group) is 1. The topological polar surface area (TPSA) is 104 Å². The van der Waals surface area contributed by atoms with E-state index < -0.39 is 11.2 Å². The van der Waals surface area contributed by atoms with Gasteiger partial charge in [-0.05, 0) is 31.8 Å². The van der Waals surface area contributed by atoms with Crippen LogP contribution < -0.4 is 10.1 Å². The Kier molecular flexibility index (Phi) is 6.96. The number of amidine groups is 1. The number of carbonyl (C=O) groups is 2. The van der Waals surface area contributed by atoms with Crippen LogP contribution in [0, 0.1) is 0 Å². The number of hydrogen-bond acceptors (Lipinski definition) is 7. The first-order valence-corrected chi connectivity index (χ1v) is 8.50. The van der Waals surface area contributed by atoms with E-state index in [1.54, 1.807) is 6.21 Å². The summed E-state index contributed by atoms with van der Waals surface area (Å²) in [5.74, 6) is -0.648. The number of benzene rings is 1. The molecule has 0 bridgehead atoms. The summed E-state index contributed by atoms with van der Waals surface area (Å²) in [6.45, 7) is 1.41. The third-order valence-corrected chi connectivity index (χ3v) is 4.23. The largest absolute Gasteiger partial charge is 0.492 e. The van der Waals surface area contributed by atoms with E-state index in [9.17, 15) is 9.59 Å². The zero-order chi connectivity index (χ0) is 18.2. The molecule has 2 rings (SSSR count). The average Bonchev–Trinajstić information content (AvgIpc) is 2.86. The van der Waals surface area contributed by atoms with Crippen molar-refractivity contribution in [1.82, 2.24) is 10.2 Å². The number of carboxylic acid groups (broad SMARTS) is 1. The zero-order valence-corrected chi connectivity index (χ0v) is 14.8. The smallest absolute Gasteiger partial charge is 0.305 e. The maximum Gasteiger partial charge on any atom is 0.305 e. The zero-order valence-electron chi connectivity index (χ0n) is 14.0. The number of aliphatic carboxylic acids is 1. The van der Waals surface area contributed by atoms with Crippen molar-refractivity contribution in [3.8, 4) is 5.75 Å². The van der Waals surface area contributed by atoms with Gasteiger partial charge in [-0.1, -0.05) is 23.9 Å². The number of hydrogen-bond donors (Lipinski definition) is 2. The van der Waals surface area contributed by atoms with Gasteiger partial charge in [-0.3, -0.25) is 9.59 Å². The first kappa shape index (κ1) is 18.9. The minimum Gasteiger partial charge on any atom is -0.492 e. The van der Waals surface area contributed by atoms with Gasteiger partial charge in [-0.25, -0.2) is 0 Å². The van der Waals surface area contributed by atoms with Crippen LogP contribution in [0.2, 0.25) is 0 Å². The van der Waals surface area contributed by atoms with E-state index in [-0.39, 0.29) is 12.3 Å². The van der Waals surface area contributed by atoms with Crippen LogP contribution in [0.4, 0.5) is 0 Å². The highest BCUT2D eigenvalue weighted by atomic mass is 32.2. The average molecular weight is 364 g/mol. The van der Waals surface area contributed by atoms with Crippen LogP contribution in [0.25, 0.3) is 0 Å². The molecule has 1 fully saturated rings. The summed E-state index contributed by atoms with van der Waals surface area (Å²) in [5.41, 5.74) is 0.808. The molecule has 0 radical (unpaired) electrons.